The number of nitrogens with zero attached hydrogens (tertiary/aromatic N) is 3. The fourth-order valence-electron chi connectivity index (χ4n) is 2.67. The lowest BCUT2D eigenvalue weighted by molar-refractivity contribution is 0.0222. The third kappa shape index (κ3) is 4.94. The molecule has 1 amide bonds. The molecule has 0 saturated carbocycles. The van der Waals surface area contributed by atoms with Gasteiger partial charge in [0.05, 0.1) is 12.2 Å². The molecule has 0 saturated heterocycles. The number of nitrogens with one attached hydrogen (secondary N) is 1. The van der Waals surface area contributed by atoms with E-state index in [0.717, 1.165) is 21.3 Å². The average Bonchev–Trinajstić information content (AvgIpc) is 2.59. The molecular weight excluding hydrogens is 396 g/mol. The Kier molecular flexibility index (Phi) is 5.46. The Hall–Kier alpha value is -2.15. The summed E-state index contributed by atoms with van der Waals surface area (Å²) in [4.78, 5) is 22.9. The minimum absolute atomic E-state index is 0.291. The molecule has 0 atom stereocenters. The predicted octanol–water partition coefficient (Wildman–Crippen LogP) is 4.14. The second-order valence-corrected chi connectivity index (χ2v) is 8.21. The fraction of sp³-hybridized carbons (Fsp3) is 0.421. The molecule has 2 heterocycles. The SMILES string of the molecule is CC(C)(C)OC(=O)N1CCc2nc(NCc3ccc(Br)cc3)ncc2C1. The van der Waals surface area contributed by atoms with Gasteiger partial charge in [0.15, 0.2) is 0 Å². The first-order chi connectivity index (χ1) is 12.3. The topological polar surface area (TPSA) is 67.3 Å². The maximum atomic E-state index is 12.2. The lowest BCUT2D eigenvalue weighted by Gasteiger charge is -2.30. The smallest absolute Gasteiger partial charge is 0.410 e. The van der Waals surface area contributed by atoms with Gasteiger partial charge in [0.2, 0.25) is 5.95 Å². The van der Waals surface area contributed by atoms with Crippen LogP contribution in [0.1, 0.15) is 37.6 Å². The van der Waals surface area contributed by atoms with Crippen molar-refractivity contribution in [3.8, 4) is 0 Å². The van der Waals surface area contributed by atoms with Gasteiger partial charge >= 0.3 is 6.09 Å². The number of hydrogen-bond donors (Lipinski definition) is 1. The van der Waals surface area contributed by atoms with Crippen LogP contribution in [0.15, 0.2) is 34.9 Å². The standard InChI is InChI=1S/C19H23BrN4O2/c1-19(2,3)26-18(25)24-9-8-16-14(12-24)11-22-17(23-16)21-10-13-4-6-15(20)7-5-13/h4-7,11H,8-10,12H2,1-3H3,(H,21,22,23). The van der Waals surface area contributed by atoms with E-state index in [1.54, 1.807) is 11.1 Å². The van der Waals surface area contributed by atoms with Gasteiger partial charge in [0.25, 0.3) is 0 Å². The number of rotatable bonds is 3. The van der Waals surface area contributed by atoms with E-state index in [9.17, 15) is 4.79 Å². The maximum Gasteiger partial charge on any atom is 0.410 e. The van der Waals surface area contributed by atoms with Gasteiger partial charge < -0.3 is 15.0 Å². The molecule has 1 aliphatic heterocycles. The maximum absolute atomic E-state index is 12.2. The third-order valence-corrected chi connectivity index (χ3v) is 4.48. The highest BCUT2D eigenvalue weighted by Gasteiger charge is 2.26. The third-order valence-electron chi connectivity index (χ3n) is 3.95. The summed E-state index contributed by atoms with van der Waals surface area (Å²) in [5.74, 6) is 0.609. The molecule has 3 rings (SSSR count). The fourth-order valence-corrected chi connectivity index (χ4v) is 2.93. The zero-order valence-electron chi connectivity index (χ0n) is 15.3. The van der Waals surface area contributed by atoms with E-state index in [4.69, 9.17) is 4.74 Å². The first-order valence-corrected chi connectivity index (χ1v) is 9.40. The van der Waals surface area contributed by atoms with Crippen molar-refractivity contribution in [2.24, 2.45) is 0 Å². The number of halogens is 1. The van der Waals surface area contributed by atoms with E-state index in [-0.39, 0.29) is 6.09 Å². The van der Waals surface area contributed by atoms with Gasteiger partial charge in [0, 0.05) is 35.7 Å². The van der Waals surface area contributed by atoms with Crippen molar-refractivity contribution in [2.45, 2.75) is 45.9 Å². The van der Waals surface area contributed by atoms with Crippen LogP contribution in [0.5, 0.6) is 0 Å². The van der Waals surface area contributed by atoms with Gasteiger partial charge in [-0.3, -0.25) is 0 Å². The highest BCUT2D eigenvalue weighted by atomic mass is 79.9. The van der Waals surface area contributed by atoms with Gasteiger partial charge in [0.1, 0.15) is 5.60 Å². The summed E-state index contributed by atoms with van der Waals surface area (Å²) in [5.41, 5.74) is 2.62. The van der Waals surface area contributed by atoms with Gasteiger partial charge in [-0.25, -0.2) is 14.8 Å². The van der Waals surface area contributed by atoms with E-state index < -0.39 is 5.60 Å². The molecule has 0 fully saturated rings. The highest BCUT2D eigenvalue weighted by Crippen LogP contribution is 2.20. The van der Waals surface area contributed by atoms with Crippen LogP contribution in [0.4, 0.5) is 10.7 Å². The Bertz CT molecular complexity index is 787. The zero-order valence-corrected chi connectivity index (χ0v) is 16.8. The quantitative estimate of drug-likeness (QED) is 0.810. The number of ether oxygens (including phenoxy) is 1. The molecule has 26 heavy (non-hydrogen) atoms. The molecule has 0 unspecified atom stereocenters. The van der Waals surface area contributed by atoms with Crippen molar-refractivity contribution in [2.75, 3.05) is 11.9 Å². The Morgan fingerprint density at radius 1 is 1.31 bits per heavy atom. The molecule has 0 aliphatic carbocycles. The number of carbonyl (C=O) groups excluding carboxylic acids is 1. The summed E-state index contributed by atoms with van der Waals surface area (Å²) in [5, 5.41) is 3.25. The summed E-state index contributed by atoms with van der Waals surface area (Å²) < 4.78 is 6.50. The summed E-state index contributed by atoms with van der Waals surface area (Å²) in [7, 11) is 0. The molecule has 138 valence electrons. The van der Waals surface area contributed by atoms with Crippen LogP contribution >= 0.6 is 15.9 Å². The van der Waals surface area contributed by atoms with Crippen LogP contribution in [0, 0.1) is 0 Å². The van der Waals surface area contributed by atoms with Crippen molar-refractivity contribution < 1.29 is 9.53 Å². The van der Waals surface area contributed by atoms with E-state index >= 15 is 0 Å². The minimum Gasteiger partial charge on any atom is -0.444 e. The average molecular weight is 419 g/mol. The van der Waals surface area contributed by atoms with Crippen LogP contribution in [-0.4, -0.2) is 33.1 Å². The van der Waals surface area contributed by atoms with Crippen LogP contribution in [0.3, 0.4) is 0 Å². The molecule has 1 aromatic carbocycles. The summed E-state index contributed by atoms with van der Waals surface area (Å²) in [6, 6.07) is 8.12. The van der Waals surface area contributed by atoms with Crippen molar-refractivity contribution in [1.29, 1.82) is 0 Å². The molecule has 6 nitrogen and oxygen atoms in total. The van der Waals surface area contributed by atoms with Crippen LogP contribution in [0.2, 0.25) is 0 Å². The lowest BCUT2D eigenvalue weighted by atomic mass is 10.1. The first kappa shape index (κ1) is 18.6. The van der Waals surface area contributed by atoms with Crippen LogP contribution < -0.4 is 5.32 Å². The second kappa shape index (κ2) is 7.61. The van der Waals surface area contributed by atoms with E-state index in [1.807, 2.05) is 45.0 Å². The number of aromatic nitrogens is 2. The number of hydrogen-bond acceptors (Lipinski definition) is 5. The van der Waals surface area contributed by atoms with Crippen molar-refractivity contribution in [3.63, 3.8) is 0 Å². The van der Waals surface area contributed by atoms with Crippen molar-refractivity contribution in [1.82, 2.24) is 14.9 Å². The monoisotopic (exact) mass is 418 g/mol. The molecule has 0 spiro atoms. The molecular formula is C19H23BrN4O2. The summed E-state index contributed by atoms with van der Waals surface area (Å²) in [6.07, 6.45) is 2.20. The Morgan fingerprint density at radius 3 is 2.73 bits per heavy atom. The van der Waals surface area contributed by atoms with Gasteiger partial charge in [-0.2, -0.15) is 0 Å². The lowest BCUT2D eigenvalue weighted by Crippen LogP contribution is -2.40. The molecule has 2 aromatic rings. The second-order valence-electron chi connectivity index (χ2n) is 7.30. The molecule has 7 heteroatoms. The van der Waals surface area contributed by atoms with E-state index in [1.165, 1.54) is 0 Å². The van der Waals surface area contributed by atoms with Crippen molar-refractivity contribution >= 4 is 28.0 Å². The Balaban J connectivity index is 1.61. The van der Waals surface area contributed by atoms with Crippen molar-refractivity contribution in [3.05, 3.63) is 51.8 Å². The number of carbonyl (C=O) groups is 1. The van der Waals surface area contributed by atoms with Gasteiger partial charge in [-0.15, -0.1) is 0 Å². The number of fused-ring (bicyclic) bond motifs is 1. The Labute approximate surface area is 162 Å². The summed E-state index contributed by atoms with van der Waals surface area (Å²) >= 11 is 3.43. The molecule has 0 radical (unpaired) electrons. The number of anilines is 1. The first-order valence-electron chi connectivity index (χ1n) is 8.61. The summed E-state index contributed by atoms with van der Waals surface area (Å²) in [6.45, 7) is 7.36. The van der Waals surface area contributed by atoms with E-state index in [0.29, 0.717) is 32.0 Å². The number of benzene rings is 1. The van der Waals surface area contributed by atoms with Crippen LogP contribution in [-0.2, 0) is 24.2 Å². The highest BCUT2D eigenvalue weighted by molar-refractivity contribution is 9.10. The largest absolute Gasteiger partial charge is 0.444 e. The molecule has 0 bridgehead atoms. The Morgan fingerprint density at radius 2 is 2.04 bits per heavy atom. The molecule has 1 aromatic heterocycles. The van der Waals surface area contributed by atoms with Gasteiger partial charge in [-0.05, 0) is 38.5 Å². The predicted molar refractivity (Wildman–Crippen MR) is 104 cm³/mol. The number of amides is 1. The van der Waals surface area contributed by atoms with Gasteiger partial charge in [-0.1, -0.05) is 28.1 Å². The van der Waals surface area contributed by atoms with E-state index in [2.05, 4.69) is 31.2 Å². The minimum atomic E-state index is -0.491. The molecule has 1 N–H and O–H groups in total. The molecule has 1 aliphatic rings. The van der Waals surface area contributed by atoms with Crippen LogP contribution in [0.25, 0.3) is 0 Å². The zero-order chi connectivity index (χ0) is 18.7. The normalized spacial score (nSPS) is 13.9.